The van der Waals surface area contributed by atoms with E-state index in [1.54, 1.807) is 6.92 Å². The SMILES string of the molecule is CC#CC(N)C=CC(NC(=O)C(C)N)C(=O)O. The lowest BCUT2D eigenvalue weighted by molar-refractivity contribution is -0.140. The normalized spacial score (nSPS) is 15.5. The number of rotatable bonds is 5. The van der Waals surface area contributed by atoms with Crippen LogP contribution in [0.25, 0.3) is 0 Å². The number of amides is 1. The van der Waals surface area contributed by atoms with Gasteiger partial charge in [0.25, 0.3) is 0 Å². The topological polar surface area (TPSA) is 118 Å². The van der Waals surface area contributed by atoms with Crippen molar-refractivity contribution in [2.45, 2.75) is 32.0 Å². The van der Waals surface area contributed by atoms with E-state index in [1.165, 1.54) is 19.1 Å². The quantitative estimate of drug-likeness (QED) is 0.355. The zero-order valence-electron chi connectivity index (χ0n) is 9.81. The van der Waals surface area contributed by atoms with Crippen LogP contribution in [0.3, 0.4) is 0 Å². The summed E-state index contributed by atoms with van der Waals surface area (Å²) in [5, 5.41) is 11.1. The average molecular weight is 239 g/mol. The van der Waals surface area contributed by atoms with Crippen molar-refractivity contribution in [2.75, 3.05) is 0 Å². The van der Waals surface area contributed by atoms with E-state index in [0.29, 0.717) is 0 Å². The van der Waals surface area contributed by atoms with Crippen molar-refractivity contribution >= 4 is 11.9 Å². The van der Waals surface area contributed by atoms with Gasteiger partial charge < -0.3 is 21.9 Å². The molecule has 0 heterocycles. The monoisotopic (exact) mass is 239 g/mol. The molecule has 6 nitrogen and oxygen atoms in total. The molecule has 1 amide bonds. The van der Waals surface area contributed by atoms with Gasteiger partial charge in [0, 0.05) is 0 Å². The minimum Gasteiger partial charge on any atom is -0.479 e. The lowest BCUT2D eigenvalue weighted by Gasteiger charge is -2.12. The van der Waals surface area contributed by atoms with Crippen LogP contribution in [0.1, 0.15) is 13.8 Å². The molecule has 0 aliphatic carbocycles. The van der Waals surface area contributed by atoms with Crippen molar-refractivity contribution in [3.63, 3.8) is 0 Å². The summed E-state index contributed by atoms with van der Waals surface area (Å²) >= 11 is 0. The summed E-state index contributed by atoms with van der Waals surface area (Å²) in [5.74, 6) is 3.49. The number of carboxylic acid groups (broad SMARTS) is 1. The molecule has 6 heteroatoms. The number of carboxylic acids is 1. The van der Waals surface area contributed by atoms with E-state index in [9.17, 15) is 9.59 Å². The minimum absolute atomic E-state index is 0.544. The summed E-state index contributed by atoms with van der Waals surface area (Å²) in [6.45, 7) is 3.09. The van der Waals surface area contributed by atoms with Crippen LogP contribution in [0.15, 0.2) is 12.2 Å². The van der Waals surface area contributed by atoms with E-state index < -0.39 is 30.0 Å². The van der Waals surface area contributed by atoms with Crippen LogP contribution in [-0.4, -0.2) is 35.1 Å². The lowest BCUT2D eigenvalue weighted by Crippen LogP contribution is -2.46. The van der Waals surface area contributed by atoms with Crippen LogP contribution in [0, 0.1) is 11.8 Å². The maximum atomic E-state index is 11.2. The first kappa shape index (κ1) is 15.2. The molecule has 0 aliphatic heterocycles. The molecule has 0 rings (SSSR count). The maximum Gasteiger partial charge on any atom is 0.330 e. The van der Waals surface area contributed by atoms with Crippen LogP contribution >= 0.6 is 0 Å². The van der Waals surface area contributed by atoms with Gasteiger partial charge in [-0.15, -0.1) is 5.92 Å². The maximum absolute atomic E-state index is 11.2. The van der Waals surface area contributed by atoms with E-state index in [4.69, 9.17) is 16.6 Å². The Labute approximate surface area is 100 Å². The van der Waals surface area contributed by atoms with Gasteiger partial charge in [-0.1, -0.05) is 18.1 Å². The predicted molar refractivity (Wildman–Crippen MR) is 63.8 cm³/mol. The molecule has 0 spiro atoms. The Morgan fingerprint density at radius 3 is 2.35 bits per heavy atom. The molecule has 0 bridgehead atoms. The van der Waals surface area contributed by atoms with Crippen molar-refractivity contribution in [3.8, 4) is 11.8 Å². The highest BCUT2D eigenvalue weighted by Crippen LogP contribution is 1.91. The Bertz CT molecular complexity index is 366. The Hall–Kier alpha value is -1.84. The van der Waals surface area contributed by atoms with Gasteiger partial charge >= 0.3 is 5.97 Å². The highest BCUT2D eigenvalue weighted by Gasteiger charge is 2.18. The molecule has 0 aromatic rings. The molecule has 3 atom stereocenters. The number of carbonyl (C=O) groups excluding carboxylic acids is 1. The third-order valence-electron chi connectivity index (χ3n) is 1.80. The third kappa shape index (κ3) is 6.35. The molecule has 0 aliphatic rings. The highest BCUT2D eigenvalue weighted by atomic mass is 16.4. The van der Waals surface area contributed by atoms with Crippen LogP contribution in [0.2, 0.25) is 0 Å². The molecule has 6 N–H and O–H groups in total. The van der Waals surface area contributed by atoms with Gasteiger partial charge in [-0.25, -0.2) is 4.79 Å². The number of aliphatic carboxylic acids is 1. The van der Waals surface area contributed by atoms with Crippen molar-refractivity contribution in [3.05, 3.63) is 12.2 Å². The van der Waals surface area contributed by atoms with Gasteiger partial charge in [-0.2, -0.15) is 0 Å². The van der Waals surface area contributed by atoms with E-state index in [0.717, 1.165) is 0 Å². The molecule has 0 radical (unpaired) electrons. The largest absolute Gasteiger partial charge is 0.479 e. The summed E-state index contributed by atoms with van der Waals surface area (Å²) < 4.78 is 0. The molecular weight excluding hydrogens is 222 g/mol. The Kier molecular flexibility index (Phi) is 6.63. The minimum atomic E-state index is -1.19. The van der Waals surface area contributed by atoms with E-state index in [-0.39, 0.29) is 0 Å². The molecule has 0 fully saturated rings. The number of hydrogen-bond acceptors (Lipinski definition) is 4. The fourth-order valence-electron chi connectivity index (χ4n) is 0.922. The number of carbonyl (C=O) groups is 2. The summed E-state index contributed by atoms with van der Waals surface area (Å²) in [6.07, 6.45) is 2.69. The van der Waals surface area contributed by atoms with Crippen molar-refractivity contribution in [1.82, 2.24) is 5.32 Å². The van der Waals surface area contributed by atoms with E-state index in [1.807, 2.05) is 0 Å². The number of hydrogen-bond donors (Lipinski definition) is 4. The van der Waals surface area contributed by atoms with Gasteiger partial charge in [0.05, 0.1) is 12.1 Å². The van der Waals surface area contributed by atoms with Crippen LogP contribution in [0.4, 0.5) is 0 Å². The second kappa shape index (κ2) is 7.44. The standard InChI is InChI=1S/C11H17N3O3/c1-3-4-8(13)5-6-9(11(16)17)14-10(15)7(2)12/h5-9H,12-13H2,1-2H3,(H,14,15)(H,16,17). The smallest absolute Gasteiger partial charge is 0.330 e. The average Bonchev–Trinajstić information content (AvgIpc) is 2.23. The Morgan fingerprint density at radius 2 is 1.94 bits per heavy atom. The number of nitrogens with one attached hydrogen (secondary N) is 1. The van der Waals surface area contributed by atoms with Crippen molar-refractivity contribution in [1.29, 1.82) is 0 Å². The zero-order chi connectivity index (χ0) is 13.4. The van der Waals surface area contributed by atoms with Gasteiger partial charge in [0.15, 0.2) is 0 Å². The van der Waals surface area contributed by atoms with E-state index >= 15 is 0 Å². The molecule has 0 saturated heterocycles. The molecule has 17 heavy (non-hydrogen) atoms. The molecule has 0 aromatic heterocycles. The zero-order valence-corrected chi connectivity index (χ0v) is 9.81. The predicted octanol–water partition coefficient (Wildman–Crippen LogP) is -1.19. The van der Waals surface area contributed by atoms with Gasteiger partial charge in [0.2, 0.25) is 5.91 Å². The van der Waals surface area contributed by atoms with Crippen LogP contribution < -0.4 is 16.8 Å². The molecule has 0 aromatic carbocycles. The summed E-state index contributed by atoms with van der Waals surface area (Å²) in [7, 11) is 0. The first-order chi connectivity index (χ1) is 7.88. The first-order valence-corrected chi connectivity index (χ1v) is 5.03. The second-order valence-corrected chi connectivity index (χ2v) is 3.42. The number of nitrogens with two attached hydrogens (primary N) is 2. The molecule has 3 unspecified atom stereocenters. The molecule has 0 saturated carbocycles. The highest BCUT2D eigenvalue weighted by molar-refractivity contribution is 5.87. The fraction of sp³-hybridized carbons (Fsp3) is 0.455. The van der Waals surface area contributed by atoms with Gasteiger partial charge in [0.1, 0.15) is 6.04 Å². The Morgan fingerprint density at radius 1 is 1.35 bits per heavy atom. The summed E-state index contributed by atoms with van der Waals surface area (Å²) in [4.78, 5) is 22.1. The van der Waals surface area contributed by atoms with Crippen molar-refractivity contribution in [2.24, 2.45) is 11.5 Å². The second-order valence-electron chi connectivity index (χ2n) is 3.42. The van der Waals surface area contributed by atoms with Crippen LogP contribution in [-0.2, 0) is 9.59 Å². The third-order valence-corrected chi connectivity index (χ3v) is 1.80. The van der Waals surface area contributed by atoms with Crippen LogP contribution in [0.5, 0.6) is 0 Å². The summed E-state index contributed by atoms with van der Waals surface area (Å²) in [6, 6.07) is -2.48. The fourth-order valence-corrected chi connectivity index (χ4v) is 0.922. The van der Waals surface area contributed by atoms with Gasteiger partial charge in [-0.05, 0) is 13.8 Å². The first-order valence-electron chi connectivity index (χ1n) is 5.03. The molecular formula is C11H17N3O3. The lowest BCUT2D eigenvalue weighted by atomic mass is 10.2. The van der Waals surface area contributed by atoms with Crippen molar-refractivity contribution < 1.29 is 14.7 Å². The Balaban J connectivity index is 4.59. The van der Waals surface area contributed by atoms with Gasteiger partial charge in [-0.3, -0.25) is 4.79 Å². The molecule has 94 valence electrons. The van der Waals surface area contributed by atoms with E-state index in [2.05, 4.69) is 17.2 Å². The summed E-state index contributed by atoms with van der Waals surface area (Å²) in [5.41, 5.74) is 10.8.